The van der Waals surface area contributed by atoms with E-state index in [1.165, 1.54) is 25.2 Å². The number of para-hydroxylation sites is 1. The fourth-order valence-corrected chi connectivity index (χ4v) is 2.70. The molecule has 1 aromatic heterocycles. The summed E-state index contributed by atoms with van der Waals surface area (Å²) in [4.78, 5) is 13.0. The molecule has 3 rings (SSSR count). The minimum Gasteiger partial charge on any atom is -0.493 e. The molecule has 134 valence electrons. The Kier molecular flexibility index (Phi) is 4.83. The van der Waals surface area contributed by atoms with E-state index < -0.39 is 0 Å². The molecule has 0 fully saturated rings. The van der Waals surface area contributed by atoms with Crippen LogP contribution in [-0.4, -0.2) is 40.3 Å². The largest absolute Gasteiger partial charge is 0.493 e. The smallest absolute Gasteiger partial charge is 0.258 e. The van der Waals surface area contributed by atoms with Crippen molar-refractivity contribution in [2.75, 3.05) is 19.5 Å². The highest BCUT2D eigenvalue weighted by molar-refractivity contribution is 6.08. The van der Waals surface area contributed by atoms with Crippen LogP contribution in [0.4, 0.5) is 5.69 Å². The Hall–Kier alpha value is -3.42. The number of tetrazole rings is 1. The number of hydrogen-bond donors (Lipinski definition) is 1. The second-order valence-corrected chi connectivity index (χ2v) is 5.70. The fraction of sp³-hybridized carbons (Fsp3) is 0.222. The summed E-state index contributed by atoms with van der Waals surface area (Å²) in [5, 5.41) is 14.1. The summed E-state index contributed by atoms with van der Waals surface area (Å²) in [5.74, 6) is 0.617. The predicted octanol–water partition coefficient (Wildman–Crippen LogP) is 2.55. The van der Waals surface area contributed by atoms with Crippen LogP contribution in [0.15, 0.2) is 36.7 Å². The maximum atomic E-state index is 13.0. The van der Waals surface area contributed by atoms with Crippen molar-refractivity contribution in [3.63, 3.8) is 0 Å². The van der Waals surface area contributed by atoms with Crippen molar-refractivity contribution < 1.29 is 14.3 Å². The Labute approximate surface area is 150 Å². The van der Waals surface area contributed by atoms with Crippen LogP contribution < -0.4 is 14.8 Å². The monoisotopic (exact) mass is 353 g/mol. The van der Waals surface area contributed by atoms with Crippen molar-refractivity contribution in [3.05, 3.63) is 53.3 Å². The van der Waals surface area contributed by atoms with Gasteiger partial charge in [-0.25, -0.2) is 0 Å². The second kappa shape index (κ2) is 7.22. The van der Waals surface area contributed by atoms with Crippen molar-refractivity contribution in [2.45, 2.75) is 13.8 Å². The molecule has 0 bridgehead atoms. The lowest BCUT2D eigenvalue weighted by Gasteiger charge is -2.16. The molecule has 0 aliphatic rings. The quantitative estimate of drug-likeness (QED) is 0.758. The third-order valence-corrected chi connectivity index (χ3v) is 4.06. The number of amides is 1. The topological polar surface area (TPSA) is 91.2 Å². The SMILES string of the molecule is COc1cc(C(=O)Nc2c(C)cccc2C)c(-n2cnnn2)cc1OC. The molecule has 0 unspecified atom stereocenters. The molecule has 0 aliphatic heterocycles. The van der Waals surface area contributed by atoms with E-state index >= 15 is 0 Å². The van der Waals surface area contributed by atoms with Gasteiger partial charge in [-0.3, -0.25) is 4.79 Å². The molecule has 0 saturated heterocycles. The number of methoxy groups -OCH3 is 2. The summed E-state index contributed by atoms with van der Waals surface area (Å²) < 4.78 is 12.1. The molecule has 0 radical (unpaired) electrons. The lowest BCUT2D eigenvalue weighted by molar-refractivity contribution is 0.102. The number of anilines is 1. The van der Waals surface area contributed by atoms with Gasteiger partial charge in [-0.05, 0) is 41.5 Å². The number of ether oxygens (including phenoxy) is 2. The molecule has 2 aromatic carbocycles. The van der Waals surface area contributed by atoms with Crippen LogP contribution >= 0.6 is 0 Å². The molecule has 8 nitrogen and oxygen atoms in total. The number of aromatic nitrogens is 4. The highest BCUT2D eigenvalue weighted by atomic mass is 16.5. The number of carbonyl (C=O) groups is 1. The standard InChI is InChI=1S/C18H19N5O3/c1-11-6-5-7-12(2)17(11)20-18(24)13-8-15(25-3)16(26-4)9-14(13)23-10-19-21-22-23/h5-10H,1-4H3,(H,20,24). The Morgan fingerprint density at radius 2 is 1.73 bits per heavy atom. The molecule has 1 amide bonds. The molecule has 0 saturated carbocycles. The van der Waals surface area contributed by atoms with Crippen LogP contribution in [0.2, 0.25) is 0 Å². The second-order valence-electron chi connectivity index (χ2n) is 5.70. The first kappa shape index (κ1) is 17.4. The van der Waals surface area contributed by atoms with Gasteiger partial charge in [0, 0.05) is 11.8 Å². The summed E-state index contributed by atoms with van der Waals surface area (Å²) in [7, 11) is 3.04. The first-order chi connectivity index (χ1) is 12.5. The molecule has 0 spiro atoms. The third kappa shape index (κ3) is 3.21. The van der Waals surface area contributed by atoms with Gasteiger partial charge in [-0.1, -0.05) is 18.2 Å². The van der Waals surface area contributed by atoms with Gasteiger partial charge in [0.05, 0.1) is 25.5 Å². The maximum Gasteiger partial charge on any atom is 0.258 e. The summed E-state index contributed by atoms with van der Waals surface area (Å²) in [5.41, 5.74) is 3.56. The average molecular weight is 353 g/mol. The zero-order valence-electron chi connectivity index (χ0n) is 15.0. The highest BCUT2D eigenvalue weighted by Crippen LogP contribution is 2.33. The van der Waals surface area contributed by atoms with E-state index in [-0.39, 0.29) is 5.91 Å². The van der Waals surface area contributed by atoms with E-state index in [0.717, 1.165) is 16.8 Å². The predicted molar refractivity (Wildman–Crippen MR) is 96.1 cm³/mol. The van der Waals surface area contributed by atoms with Gasteiger partial charge in [0.1, 0.15) is 6.33 Å². The van der Waals surface area contributed by atoms with Crippen molar-refractivity contribution in [2.24, 2.45) is 0 Å². The van der Waals surface area contributed by atoms with E-state index in [1.54, 1.807) is 12.1 Å². The first-order valence-electron chi connectivity index (χ1n) is 7.92. The lowest BCUT2D eigenvalue weighted by Crippen LogP contribution is -2.17. The molecule has 1 heterocycles. The highest BCUT2D eigenvalue weighted by Gasteiger charge is 2.20. The fourth-order valence-electron chi connectivity index (χ4n) is 2.70. The molecular formula is C18H19N5O3. The number of nitrogens with one attached hydrogen (secondary N) is 1. The molecule has 3 aromatic rings. The molecule has 0 aliphatic carbocycles. The summed E-state index contributed by atoms with van der Waals surface area (Å²) in [6, 6.07) is 9.11. The zero-order valence-corrected chi connectivity index (χ0v) is 15.0. The minimum absolute atomic E-state index is 0.297. The van der Waals surface area contributed by atoms with Gasteiger partial charge in [0.25, 0.3) is 5.91 Å². The van der Waals surface area contributed by atoms with Gasteiger partial charge in [-0.2, -0.15) is 4.68 Å². The van der Waals surface area contributed by atoms with Crippen LogP contribution in [0.3, 0.4) is 0 Å². The zero-order chi connectivity index (χ0) is 18.7. The van der Waals surface area contributed by atoms with Crippen molar-refractivity contribution in [1.29, 1.82) is 0 Å². The van der Waals surface area contributed by atoms with E-state index in [2.05, 4.69) is 20.8 Å². The first-order valence-corrected chi connectivity index (χ1v) is 7.92. The Bertz CT molecular complexity index is 918. The van der Waals surface area contributed by atoms with Gasteiger partial charge >= 0.3 is 0 Å². The maximum absolute atomic E-state index is 13.0. The van der Waals surface area contributed by atoms with Gasteiger partial charge in [0.2, 0.25) is 0 Å². The molecule has 26 heavy (non-hydrogen) atoms. The van der Waals surface area contributed by atoms with Gasteiger partial charge in [0.15, 0.2) is 11.5 Å². The van der Waals surface area contributed by atoms with Crippen LogP contribution in [0, 0.1) is 13.8 Å². The number of carbonyl (C=O) groups excluding carboxylic acids is 1. The Balaban J connectivity index is 2.09. The van der Waals surface area contributed by atoms with E-state index in [1.807, 2.05) is 32.0 Å². The number of nitrogens with zero attached hydrogens (tertiary/aromatic N) is 4. The summed E-state index contributed by atoms with van der Waals surface area (Å²) >= 11 is 0. The lowest BCUT2D eigenvalue weighted by atomic mass is 10.1. The molecule has 8 heteroatoms. The van der Waals surface area contributed by atoms with Gasteiger partial charge in [-0.15, -0.1) is 5.10 Å². The molecule has 1 N–H and O–H groups in total. The van der Waals surface area contributed by atoms with E-state index in [9.17, 15) is 4.79 Å². The third-order valence-electron chi connectivity index (χ3n) is 4.06. The van der Waals surface area contributed by atoms with Crippen molar-refractivity contribution >= 4 is 11.6 Å². The average Bonchev–Trinajstić information content (AvgIpc) is 3.18. The van der Waals surface area contributed by atoms with Gasteiger partial charge < -0.3 is 14.8 Å². The van der Waals surface area contributed by atoms with E-state index in [0.29, 0.717) is 22.7 Å². The van der Waals surface area contributed by atoms with Crippen LogP contribution in [0.5, 0.6) is 11.5 Å². The molecular weight excluding hydrogens is 334 g/mol. The number of rotatable bonds is 5. The van der Waals surface area contributed by atoms with E-state index in [4.69, 9.17) is 9.47 Å². The van der Waals surface area contributed by atoms with Crippen LogP contribution in [0.1, 0.15) is 21.5 Å². The number of benzene rings is 2. The van der Waals surface area contributed by atoms with Crippen LogP contribution in [0.25, 0.3) is 5.69 Å². The normalized spacial score (nSPS) is 10.5. The van der Waals surface area contributed by atoms with Crippen LogP contribution in [-0.2, 0) is 0 Å². The summed E-state index contributed by atoms with van der Waals surface area (Å²) in [6.45, 7) is 3.89. The molecule has 0 atom stereocenters. The minimum atomic E-state index is -0.297. The number of aryl methyl sites for hydroxylation is 2. The Morgan fingerprint density at radius 1 is 1.08 bits per heavy atom. The number of hydrogen-bond acceptors (Lipinski definition) is 6. The summed E-state index contributed by atoms with van der Waals surface area (Å²) in [6.07, 6.45) is 1.41. The van der Waals surface area contributed by atoms with Crippen molar-refractivity contribution in [3.8, 4) is 17.2 Å². The van der Waals surface area contributed by atoms with Crippen molar-refractivity contribution in [1.82, 2.24) is 20.2 Å². The Morgan fingerprint density at radius 3 is 2.31 bits per heavy atom.